The van der Waals surface area contributed by atoms with E-state index < -0.39 is 37.0 Å². The van der Waals surface area contributed by atoms with Gasteiger partial charge in [0, 0.05) is 5.56 Å². The molecule has 1 aromatic rings. The first-order valence-electron chi connectivity index (χ1n) is 6.80. The van der Waals surface area contributed by atoms with Crippen LogP contribution in [-0.2, 0) is 14.3 Å². The molecule has 0 radical (unpaired) electrons. The van der Waals surface area contributed by atoms with Gasteiger partial charge in [-0.2, -0.15) is 0 Å². The third-order valence-corrected chi connectivity index (χ3v) is 3.60. The molecule has 0 unspecified atom stereocenters. The molecule has 0 atom stereocenters. The standard InChI is InChI=1S/C15H14N2O7/c1-8-3-10-11(4-9(8)13(21)16(6-18)7-19)15(23)17(14(10)22)5-12(20)24-2/h3-4,6,19H,5,7H2,1-2H3. The summed E-state index contributed by atoms with van der Waals surface area (Å²) < 4.78 is 4.44. The van der Waals surface area contributed by atoms with Crippen LogP contribution in [-0.4, -0.2) is 65.4 Å². The molecule has 0 bridgehead atoms. The summed E-state index contributed by atoms with van der Waals surface area (Å²) in [6, 6.07) is 2.51. The summed E-state index contributed by atoms with van der Waals surface area (Å²) in [6.07, 6.45) is 0.158. The first-order chi connectivity index (χ1) is 11.3. The zero-order chi connectivity index (χ0) is 18.0. The summed E-state index contributed by atoms with van der Waals surface area (Å²) in [4.78, 5) is 60.1. The largest absolute Gasteiger partial charge is 0.468 e. The molecule has 0 aromatic heterocycles. The van der Waals surface area contributed by atoms with E-state index >= 15 is 0 Å². The number of aliphatic hydroxyl groups is 1. The third kappa shape index (κ3) is 2.76. The van der Waals surface area contributed by atoms with Crippen LogP contribution in [0.2, 0.25) is 0 Å². The van der Waals surface area contributed by atoms with Crippen molar-refractivity contribution >= 4 is 30.1 Å². The highest BCUT2D eigenvalue weighted by Gasteiger charge is 2.38. The highest BCUT2D eigenvalue weighted by atomic mass is 16.5. The highest BCUT2D eigenvalue weighted by Crippen LogP contribution is 2.26. The molecule has 4 amide bonds. The van der Waals surface area contributed by atoms with Gasteiger partial charge in [-0.15, -0.1) is 0 Å². The van der Waals surface area contributed by atoms with Crippen LogP contribution in [0, 0.1) is 6.92 Å². The number of aryl methyl sites for hydroxylation is 1. The first-order valence-corrected chi connectivity index (χ1v) is 6.80. The molecule has 0 fully saturated rings. The molecule has 1 N–H and O–H groups in total. The maximum absolute atomic E-state index is 12.3. The maximum atomic E-state index is 12.3. The van der Waals surface area contributed by atoms with Crippen molar-refractivity contribution in [1.82, 2.24) is 9.80 Å². The summed E-state index contributed by atoms with van der Waals surface area (Å²) >= 11 is 0. The van der Waals surface area contributed by atoms with E-state index in [1.165, 1.54) is 19.1 Å². The van der Waals surface area contributed by atoms with Crippen molar-refractivity contribution in [2.45, 2.75) is 6.92 Å². The van der Waals surface area contributed by atoms with Gasteiger partial charge in [0.25, 0.3) is 17.7 Å². The van der Waals surface area contributed by atoms with Crippen LogP contribution in [0.4, 0.5) is 0 Å². The van der Waals surface area contributed by atoms with E-state index in [-0.39, 0.29) is 23.1 Å². The zero-order valence-electron chi connectivity index (χ0n) is 12.9. The Morgan fingerprint density at radius 3 is 2.33 bits per heavy atom. The lowest BCUT2D eigenvalue weighted by Gasteiger charge is -2.14. The van der Waals surface area contributed by atoms with Crippen molar-refractivity contribution in [2.24, 2.45) is 0 Å². The van der Waals surface area contributed by atoms with Gasteiger partial charge >= 0.3 is 5.97 Å². The lowest BCUT2D eigenvalue weighted by molar-refractivity contribution is -0.140. The Morgan fingerprint density at radius 1 is 1.25 bits per heavy atom. The van der Waals surface area contributed by atoms with Crippen molar-refractivity contribution in [3.8, 4) is 0 Å². The minimum atomic E-state index is -0.819. The molecule has 0 saturated heterocycles. The fourth-order valence-electron chi connectivity index (χ4n) is 2.31. The first kappa shape index (κ1) is 17.3. The Kier molecular flexibility index (Phi) is 4.74. The van der Waals surface area contributed by atoms with Gasteiger partial charge in [-0.25, -0.2) is 0 Å². The number of carbonyl (C=O) groups excluding carboxylic acids is 5. The van der Waals surface area contributed by atoms with Gasteiger partial charge in [-0.1, -0.05) is 0 Å². The second-order valence-electron chi connectivity index (χ2n) is 5.01. The molecule has 126 valence electrons. The molecule has 9 heteroatoms. The normalized spacial score (nSPS) is 12.9. The van der Waals surface area contributed by atoms with Crippen LogP contribution in [0.1, 0.15) is 36.6 Å². The van der Waals surface area contributed by atoms with Gasteiger partial charge in [0.05, 0.1) is 18.2 Å². The van der Waals surface area contributed by atoms with Crippen LogP contribution >= 0.6 is 0 Å². The molecule has 1 aromatic carbocycles. The predicted molar refractivity (Wildman–Crippen MR) is 77.9 cm³/mol. The number of carbonyl (C=O) groups is 5. The Morgan fingerprint density at radius 2 is 1.83 bits per heavy atom. The number of nitrogens with zero attached hydrogens (tertiary/aromatic N) is 2. The number of hydrogen-bond donors (Lipinski definition) is 1. The van der Waals surface area contributed by atoms with E-state index in [0.29, 0.717) is 15.4 Å². The van der Waals surface area contributed by atoms with E-state index in [0.717, 1.165) is 7.11 Å². The van der Waals surface area contributed by atoms with Gasteiger partial charge in [0.1, 0.15) is 13.3 Å². The number of imide groups is 2. The summed E-state index contributed by atoms with van der Waals surface area (Å²) in [6.45, 7) is 0.164. The molecular weight excluding hydrogens is 320 g/mol. The number of amides is 4. The molecule has 1 aliphatic heterocycles. The fraction of sp³-hybridized carbons (Fsp3) is 0.267. The molecule has 1 aliphatic rings. The predicted octanol–water partition coefficient (Wildman–Crippen LogP) is -0.688. The number of rotatable bonds is 5. The summed E-state index contributed by atoms with van der Waals surface area (Å²) in [5.41, 5.74) is 0.345. The maximum Gasteiger partial charge on any atom is 0.325 e. The SMILES string of the molecule is COC(=O)CN1C(=O)c2cc(C)c(C(=O)N(C=O)CO)cc2C1=O. The number of fused-ring (bicyclic) bond motifs is 1. The van der Waals surface area contributed by atoms with E-state index in [9.17, 15) is 24.0 Å². The van der Waals surface area contributed by atoms with E-state index in [1.807, 2.05) is 0 Å². The molecule has 9 nitrogen and oxygen atoms in total. The van der Waals surface area contributed by atoms with Crippen molar-refractivity contribution in [3.63, 3.8) is 0 Å². The quantitative estimate of drug-likeness (QED) is 0.327. The minimum Gasteiger partial charge on any atom is -0.468 e. The number of aliphatic hydroxyl groups excluding tert-OH is 1. The Balaban J connectivity index is 2.45. The molecular formula is C15H14N2O7. The van der Waals surface area contributed by atoms with Crippen molar-refractivity contribution in [2.75, 3.05) is 20.4 Å². The molecule has 0 saturated carbocycles. The lowest BCUT2D eigenvalue weighted by atomic mass is 9.99. The second-order valence-corrected chi connectivity index (χ2v) is 5.01. The lowest BCUT2D eigenvalue weighted by Crippen LogP contribution is -2.35. The van der Waals surface area contributed by atoms with Crippen LogP contribution in [0.15, 0.2) is 12.1 Å². The van der Waals surface area contributed by atoms with Crippen molar-refractivity contribution in [3.05, 3.63) is 34.4 Å². The van der Waals surface area contributed by atoms with Crippen molar-refractivity contribution < 1.29 is 33.8 Å². The smallest absolute Gasteiger partial charge is 0.325 e. The van der Waals surface area contributed by atoms with E-state index in [4.69, 9.17) is 5.11 Å². The van der Waals surface area contributed by atoms with Gasteiger partial charge in [-0.3, -0.25) is 33.8 Å². The number of ether oxygens (including phenoxy) is 1. The number of methoxy groups -OCH3 is 1. The molecule has 1 heterocycles. The summed E-state index contributed by atoms with van der Waals surface area (Å²) in [5, 5.41) is 9.00. The fourth-order valence-corrected chi connectivity index (χ4v) is 2.31. The summed E-state index contributed by atoms with van der Waals surface area (Å²) in [5.74, 6) is -2.97. The Hall–Kier alpha value is -3.07. The van der Waals surface area contributed by atoms with Gasteiger partial charge in [-0.05, 0) is 24.6 Å². The average Bonchev–Trinajstić information content (AvgIpc) is 2.79. The average molecular weight is 334 g/mol. The minimum absolute atomic E-state index is 0.00373. The van der Waals surface area contributed by atoms with Crippen LogP contribution in [0.3, 0.4) is 0 Å². The molecule has 0 aliphatic carbocycles. The number of esters is 1. The highest BCUT2D eigenvalue weighted by molar-refractivity contribution is 6.23. The summed E-state index contributed by atoms with van der Waals surface area (Å²) in [7, 11) is 1.13. The Labute approximate surface area is 136 Å². The Bertz CT molecular complexity index is 756. The third-order valence-electron chi connectivity index (χ3n) is 3.60. The van der Waals surface area contributed by atoms with Gasteiger partial charge in [0.15, 0.2) is 0 Å². The number of benzene rings is 1. The van der Waals surface area contributed by atoms with Crippen LogP contribution in [0.25, 0.3) is 0 Å². The topological polar surface area (TPSA) is 121 Å². The zero-order valence-corrected chi connectivity index (χ0v) is 12.9. The monoisotopic (exact) mass is 334 g/mol. The van der Waals surface area contributed by atoms with Gasteiger partial charge in [0.2, 0.25) is 6.41 Å². The molecule has 24 heavy (non-hydrogen) atoms. The molecule has 0 spiro atoms. The number of hydrogen-bond acceptors (Lipinski definition) is 7. The van der Waals surface area contributed by atoms with Gasteiger partial charge < -0.3 is 9.84 Å². The van der Waals surface area contributed by atoms with Crippen LogP contribution in [0.5, 0.6) is 0 Å². The van der Waals surface area contributed by atoms with Crippen molar-refractivity contribution in [1.29, 1.82) is 0 Å². The van der Waals surface area contributed by atoms with E-state index in [1.54, 1.807) is 0 Å². The molecule has 2 rings (SSSR count). The van der Waals surface area contributed by atoms with Crippen LogP contribution < -0.4 is 0 Å². The van der Waals surface area contributed by atoms with E-state index in [2.05, 4.69) is 4.74 Å². The second kappa shape index (κ2) is 6.59.